The summed E-state index contributed by atoms with van der Waals surface area (Å²) in [5.74, 6) is 0.401. The van der Waals surface area contributed by atoms with Gasteiger partial charge in [-0.25, -0.2) is 0 Å². The number of carbonyl (C=O) groups excluding carboxylic acids is 2. The molecule has 0 aliphatic rings. The van der Waals surface area contributed by atoms with Crippen LogP contribution in [-0.2, 0) is 19.1 Å². The van der Waals surface area contributed by atoms with Gasteiger partial charge in [-0.15, -0.1) is 0 Å². The van der Waals surface area contributed by atoms with Crippen LogP contribution >= 0.6 is 0 Å². The first-order valence-electron chi connectivity index (χ1n) is 11.9. The number of ether oxygens (including phenoxy) is 1. The van der Waals surface area contributed by atoms with E-state index in [2.05, 4.69) is 10.4 Å². The third-order valence-corrected chi connectivity index (χ3v) is 6.21. The first-order chi connectivity index (χ1) is 18.0. The van der Waals surface area contributed by atoms with Crippen molar-refractivity contribution in [3.8, 4) is 11.5 Å². The third-order valence-electron chi connectivity index (χ3n) is 6.21. The van der Waals surface area contributed by atoms with Crippen molar-refractivity contribution in [1.82, 2.24) is 15.1 Å². The van der Waals surface area contributed by atoms with Crippen LogP contribution in [0.25, 0.3) is 0 Å². The Morgan fingerprint density at radius 3 is 2.16 bits per heavy atom. The number of hydrogen-bond acceptors (Lipinski definition) is 4. The summed E-state index contributed by atoms with van der Waals surface area (Å²) in [4.78, 5) is 25.0. The lowest BCUT2D eigenvalue weighted by molar-refractivity contribution is -0.137. The van der Waals surface area contributed by atoms with Crippen molar-refractivity contribution in [3.63, 3.8) is 0 Å². The zero-order valence-corrected chi connectivity index (χ0v) is 21.1. The number of benzene rings is 3. The number of Topliss-reactive ketones (excluding diaryl/α,β-unsaturated/α-hetero) is 1. The van der Waals surface area contributed by atoms with Crippen molar-refractivity contribution in [2.45, 2.75) is 33.0 Å². The molecule has 0 fully saturated rings. The molecular formula is C29H26F3N3O3. The molecule has 0 saturated carbocycles. The van der Waals surface area contributed by atoms with Gasteiger partial charge in [-0.1, -0.05) is 12.1 Å². The number of carbonyl (C=O) groups is 2. The van der Waals surface area contributed by atoms with E-state index in [1.807, 2.05) is 36.7 Å². The first-order valence-corrected chi connectivity index (χ1v) is 11.9. The van der Waals surface area contributed by atoms with Crippen molar-refractivity contribution < 1.29 is 27.5 Å². The molecule has 4 rings (SSSR count). The SMILES string of the molecule is CNC(=O)c1cccc(Cn2nc(C)c(CC(=O)c3ccc(Oc4ccc(C(F)(F)F)cc4)cc3)c2C)c1. The average molecular weight is 522 g/mol. The van der Waals surface area contributed by atoms with Gasteiger partial charge in [0.15, 0.2) is 5.78 Å². The Kier molecular flexibility index (Phi) is 7.66. The van der Waals surface area contributed by atoms with E-state index in [1.165, 1.54) is 12.1 Å². The predicted octanol–water partition coefficient (Wildman–Crippen LogP) is 6.14. The third kappa shape index (κ3) is 6.11. The number of aryl methyl sites for hydroxylation is 1. The highest BCUT2D eigenvalue weighted by Gasteiger charge is 2.30. The highest BCUT2D eigenvalue weighted by Crippen LogP contribution is 2.31. The first kappa shape index (κ1) is 26.7. The molecule has 0 atom stereocenters. The fraction of sp³-hybridized carbons (Fsp3) is 0.207. The number of amides is 1. The highest BCUT2D eigenvalue weighted by atomic mass is 19.4. The van der Waals surface area contributed by atoms with Crippen LogP contribution in [-0.4, -0.2) is 28.5 Å². The van der Waals surface area contributed by atoms with Crippen LogP contribution in [0.15, 0.2) is 72.8 Å². The quantitative estimate of drug-likeness (QED) is 0.283. The molecule has 6 nitrogen and oxygen atoms in total. The maximum absolute atomic E-state index is 13.0. The molecule has 0 radical (unpaired) electrons. The predicted molar refractivity (Wildman–Crippen MR) is 137 cm³/mol. The molecule has 0 aliphatic heterocycles. The number of aromatic nitrogens is 2. The molecule has 0 saturated heterocycles. The van der Waals surface area contributed by atoms with Crippen LogP contribution in [0.1, 0.15) is 48.8 Å². The lowest BCUT2D eigenvalue weighted by atomic mass is 10.0. The van der Waals surface area contributed by atoms with Crippen LogP contribution in [0.4, 0.5) is 13.2 Å². The molecule has 1 amide bonds. The van der Waals surface area contributed by atoms with Gasteiger partial charge in [0.05, 0.1) is 17.8 Å². The Balaban J connectivity index is 1.43. The van der Waals surface area contributed by atoms with E-state index >= 15 is 0 Å². The summed E-state index contributed by atoms with van der Waals surface area (Å²) in [5, 5.41) is 7.21. The summed E-state index contributed by atoms with van der Waals surface area (Å²) in [6, 6.07) is 18.2. The van der Waals surface area contributed by atoms with E-state index in [9.17, 15) is 22.8 Å². The lowest BCUT2D eigenvalue weighted by Crippen LogP contribution is -2.18. The molecule has 0 bridgehead atoms. The van der Waals surface area contributed by atoms with Gasteiger partial charge in [-0.2, -0.15) is 18.3 Å². The second kappa shape index (κ2) is 10.9. The summed E-state index contributed by atoms with van der Waals surface area (Å²) in [6.07, 6.45) is -4.25. The molecule has 3 aromatic carbocycles. The van der Waals surface area contributed by atoms with Crippen molar-refractivity contribution in [2.24, 2.45) is 0 Å². The molecule has 1 N–H and O–H groups in total. The van der Waals surface area contributed by atoms with Crippen molar-refractivity contribution in [3.05, 3.63) is 112 Å². The topological polar surface area (TPSA) is 73.2 Å². The number of ketones is 1. The number of nitrogens with zero attached hydrogens (tertiary/aromatic N) is 2. The number of halogens is 3. The zero-order valence-electron chi connectivity index (χ0n) is 21.1. The molecule has 0 spiro atoms. The van der Waals surface area contributed by atoms with E-state index in [0.717, 1.165) is 34.6 Å². The summed E-state index contributed by atoms with van der Waals surface area (Å²) in [5.41, 5.74) is 3.66. The Morgan fingerprint density at radius 1 is 0.921 bits per heavy atom. The van der Waals surface area contributed by atoms with E-state index in [1.54, 1.807) is 37.4 Å². The Labute approximate surface area is 218 Å². The van der Waals surface area contributed by atoms with Crippen LogP contribution in [0, 0.1) is 13.8 Å². The summed E-state index contributed by atoms with van der Waals surface area (Å²) >= 11 is 0. The molecular weight excluding hydrogens is 495 g/mol. The Hall–Kier alpha value is -4.40. The minimum absolute atomic E-state index is 0.0987. The van der Waals surface area contributed by atoms with Crippen LogP contribution in [0.5, 0.6) is 11.5 Å². The van der Waals surface area contributed by atoms with Crippen LogP contribution < -0.4 is 10.1 Å². The number of hydrogen-bond donors (Lipinski definition) is 1. The molecule has 9 heteroatoms. The fourth-order valence-corrected chi connectivity index (χ4v) is 4.09. The van der Waals surface area contributed by atoms with Crippen LogP contribution in [0.2, 0.25) is 0 Å². The lowest BCUT2D eigenvalue weighted by Gasteiger charge is -2.09. The van der Waals surface area contributed by atoms with Crippen molar-refractivity contribution in [1.29, 1.82) is 0 Å². The molecule has 0 aliphatic carbocycles. The van der Waals surface area contributed by atoms with Gasteiger partial charge in [-0.05, 0) is 80.1 Å². The van der Waals surface area contributed by atoms with Gasteiger partial charge in [0.1, 0.15) is 11.5 Å². The molecule has 1 aromatic heterocycles. The highest BCUT2D eigenvalue weighted by molar-refractivity contribution is 5.97. The Morgan fingerprint density at radius 2 is 1.55 bits per heavy atom. The summed E-state index contributed by atoms with van der Waals surface area (Å²) in [6.45, 7) is 4.22. The summed E-state index contributed by atoms with van der Waals surface area (Å²) < 4.78 is 45.6. The normalized spacial score (nSPS) is 11.3. The molecule has 1 heterocycles. The maximum Gasteiger partial charge on any atom is 0.416 e. The van der Waals surface area contributed by atoms with E-state index < -0.39 is 11.7 Å². The molecule has 0 unspecified atom stereocenters. The second-order valence-electron chi connectivity index (χ2n) is 8.84. The van der Waals surface area contributed by atoms with Gasteiger partial charge in [0.2, 0.25) is 0 Å². The number of alkyl halides is 3. The standard InChI is InChI=1S/C29H26F3N3O3/c1-18-26(19(2)35(34-18)17-20-5-4-6-22(15-20)28(37)33-3)16-27(36)21-7-11-24(12-8-21)38-25-13-9-23(10-14-25)29(30,31)32/h4-15H,16-17H2,1-3H3,(H,33,37). The Bertz CT molecular complexity index is 1460. The molecule has 4 aromatic rings. The molecule has 38 heavy (non-hydrogen) atoms. The minimum atomic E-state index is -4.41. The van der Waals surface area contributed by atoms with Gasteiger partial charge in [0, 0.05) is 35.9 Å². The van der Waals surface area contributed by atoms with Gasteiger partial charge < -0.3 is 10.1 Å². The van der Waals surface area contributed by atoms with Crippen molar-refractivity contribution in [2.75, 3.05) is 7.05 Å². The van der Waals surface area contributed by atoms with E-state index in [-0.39, 0.29) is 23.9 Å². The van der Waals surface area contributed by atoms with Crippen molar-refractivity contribution >= 4 is 11.7 Å². The largest absolute Gasteiger partial charge is 0.457 e. The second-order valence-corrected chi connectivity index (χ2v) is 8.84. The number of nitrogens with one attached hydrogen (secondary N) is 1. The average Bonchev–Trinajstić information content (AvgIpc) is 3.15. The molecule has 196 valence electrons. The van der Waals surface area contributed by atoms with Gasteiger partial charge in [-0.3, -0.25) is 14.3 Å². The zero-order chi connectivity index (χ0) is 27.4. The fourth-order valence-electron chi connectivity index (χ4n) is 4.09. The van der Waals surface area contributed by atoms with E-state index in [4.69, 9.17) is 4.74 Å². The minimum Gasteiger partial charge on any atom is -0.457 e. The number of rotatable bonds is 8. The monoisotopic (exact) mass is 521 g/mol. The summed E-state index contributed by atoms with van der Waals surface area (Å²) in [7, 11) is 1.58. The maximum atomic E-state index is 13.0. The van der Waals surface area contributed by atoms with E-state index in [0.29, 0.717) is 23.4 Å². The smallest absolute Gasteiger partial charge is 0.416 e. The van der Waals surface area contributed by atoms with Gasteiger partial charge >= 0.3 is 6.18 Å². The van der Waals surface area contributed by atoms with Gasteiger partial charge in [0.25, 0.3) is 5.91 Å². The van der Waals surface area contributed by atoms with Crippen LogP contribution in [0.3, 0.4) is 0 Å².